The molecule has 2 atom stereocenters. The van der Waals surface area contributed by atoms with Crippen molar-refractivity contribution in [1.29, 1.82) is 0 Å². The van der Waals surface area contributed by atoms with E-state index in [0.29, 0.717) is 24.4 Å². The smallest absolute Gasteiger partial charge is 0.254 e. The summed E-state index contributed by atoms with van der Waals surface area (Å²) >= 11 is 0. The number of hydrogen-bond acceptors (Lipinski definition) is 5. The summed E-state index contributed by atoms with van der Waals surface area (Å²) in [4.78, 5) is 19.0. The minimum atomic E-state index is -0.156. The van der Waals surface area contributed by atoms with Crippen molar-refractivity contribution < 1.29 is 14.3 Å². The van der Waals surface area contributed by atoms with Gasteiger partial charge in [-0.05, 0) is 30.7 Å². The molecule has 2 aromatic rings. The molecule has 1 aliphatic heterocycles. The highest BCUT2D eigenvalue weighted by molar-refractivity contribution is 5.96. The topological polar surface area (TPSA) is 80.3 Å². The predicted octanol–water partition coefficient (Wildman–Crippen LogP) is 1.72. The Bertz CT molecular complexity index is 687. The number of hydrogen-bond donors (Lipinski definition) is 1. The highest BCUT2D eigenvalue weighted by Gasteiger charge is 2.38. The number of aromatic nitrogens is 3. The molecule has 1 aromatic heterocycles. The summed E-state index contributed by atoms with van der Waals surface area (Å²) < 4.78 is 10.6. The molecular formula is C16H20N4O3. The number of aryl methyl sites for hydroxylation is 1. The number of aromatic amines is 1. The summed E-state index contributed by atoms with van der Waals surface area (Å²) in [7, 11) is 3.27. The van der Waals surface area contributed by atoms with E-state index in [0.717, 1.165) is 11.3 Å². The lowest BCUT2D eigenvalue weighted by Gasteiger charge is -2.23. The van der Waals surface area contributed by atoms with Gasteiger partial charge in [-0.25, -0.2) is 4.98 Å². The van der Waals surface area contributed by atoms with Crippen molar-refractivity contribution in [2.24, 2.45) is 0 Å². The first kappa shape index (κ1) is 15.5. The predicted molar refractivity (Wildman–Crippen MR) is 83.3 cm³/mol. The highest BCUT2D eigenvalue weighted by Crippen LogP contribution is 2.33. The van der Waals surface area contributed by atoms with Gasteiger partial charge in [-0.3, -0.25) is 9.89 Å². The summed E-state index contributed by atoms with van der Waals surface area (Å²) in [5, 5.41) is 6.76. The zero-order valence-corrected chi connectivity index (χ0v) is 13.4. The molecule has 0 spiro atoms. The van der Waals surface area contributed by atoms with Gasteiger partial charge in [0.25, 0.3) is 5.91 Å². The van der Waals surface area contributed by atoms with Crippen molar-refractivity contribution in [3.05, 3.63) is 41.5 Å². The molecule has 1 N–H and O–H groups in total. The van der Waals surface area contributed by atoms with Crippen LogP contribution in [0.1, 0.15) is 34.2 Å². The Morgan fingerprint density at radius 2 is 2.22 bits per heavy atom. The fourth-order valence-corrected chi connectivity index (χ4v) is 2.99. The lowest BCUT2D eigenvalue weighted by Crippen LogP contribution is -2.33. The Morgan fingerprint density at radius 1 is 1.39 bits per heavy atom. The van der Waals surface area contributed by atoms with Crippen molar-refractivity contribution in [3.8, 4) is 5.75 Å². The summed E-state index contributed by atoms with van der Waals surface area (Å²) in [5.74, 6) is 1.39. The van der Waals surface area contributed by atoms with Crippen LogP contribution in [0.4, 0.5) is 0 Å². The van der Waals surface area contributed by atoms with Gasteiger partial charge in [0.15, 0.2) is 0 Å². The summed E-state index contributed by atoms with van der Waals surface area (Å²) in [6.07, 6.45) is 2.15. The van der Waals surface area contributed by atoms with E-state index < -0.39 is 0 Å². The molecule has 1 amide bonds. The Balaban J connectivity index is 1.90. The number of nitrogens with zero attached hydrogens (tertiary/aromatic N) is 3. The second kappa shape index (κ2) is 6.37. The maximum Gasteiger partial charge on any atom is 0.254 e. The second-order valence-corrected chi connectivity index (χ2v) is 5.62. The molecule has 3 rings (SSSR count). The Morgan fingerprint density at radius 3 is 2.83 bits per heavy atom. The fourth-order valence-electron chi connectivity index (χ4n) is 2.99. The fraction of sp³-hybridized carbons (Fsp3) is 0.438. The number of ether oxygens (including phenoxy) is 2. The van der Waals surface area contributed by atoms with Crippen molar-refractivity contribution in [1.82, 2.24) is 20.1 Å². The van der Waals surface area contributed by atoms with Crippen LogP contribution in [0, 0.1) is 6.92 Å². The maximum atomic E-state index is 13.0. The van der Waals surface area contributed by atoms with Crippen LogP contribution in [0.25, 0.3) is 0 Å². The molecule has 0 radical (unpaired) electrons. The number of carbonyl (C=O) groups is 1. The average molecular weight is 316 g/mol. The van der Waals surface area contributed by atoms with Gasteiger partial charge in [-0.1, -0.05) is 0 Å². The summed E-state index contributed by atoms with van der Waals surface area (Å²) in [6, 6.07) is 5.30. The number of nitrogens with one attached hydrogen (secondary N) is 1. The zero-order chi connectivity index (χ0) is 16.4. The van der Waals surface area contributed by atoms with E-state index in [1.165, 1.54) is 6.33 Å². The molecule has 1 fully saturated rings. The molecule has 1 aromatic carbocycles. The van der Waals surface area contributed by atoms with Gasteiger partial charge in [0.1, 0.15) is 17.9 Å². The molecule has 1 aliphatic rings. The van der Waals surface area contributed by atoms with Gasteiger partial charge in [0.2, 0.25) is 0 Å². The third-order valence-electron chi connectivity index (χ3n) is 4.27. The van der Waals surface area contributed by atoms with Crippen LogP contribution in [0.15, 0.2) is 24.5 Å². The first-order valence-corrected chi connectivity index (χ1v) is 7.47. The van der Waals surface area contributed by atoms with Crippen molar-refractivity contribution in [2.45, 2.75) is 25.5 Å². The second-order valence-electron chi connectivity index (χ2n) is 5.62. The minimum absolute atomic E-state index is 0.00685. The minimum Gasteiger partial charge on any atom is -0.497 e. The van der Waals surface area contributed by atoms with Crippen molar-refractivity contribution >= 4 is 5.91 Å². The summed E-state index contributed by atoms with van der Waals surface area (Å²) in [5.41, 5.74) is 1.54. The molecule has 7 heteroatoms. The van der Waals surface area contributed by atoms with E-state index >= 15 is 0 Å². The van der Waals surface area contributed by atoms with Crippen LogP contribution >= 0.6 is 0 Å². The third kappa shape index (κ3) is 2.92. The number of H-pyrrole nitrogens is 1. The van der Waals surface area contributed by atoms with Gasteiger partial charge in [-0.15, -0.1) is 0 Å². The number of benzene rings is 1. The lowest BCUT2D eigenvalue weighted by atomic mass is 10.1. The zero-order valence-electron chi connectivity index (χ0n) is 13.4. The quantitative estimate of drug-likeness (QED) is 0.929. The lowest BCUT2D eigenvalue weighted by molar-refractivity contribution is 0.0683. The molecule has 0 saturated carbocycles. The number of amides is 1. The van der Waals surface area contributed by atoms with Crippen LogP contribution in [0.5, 0.6) is 5.75 Å². The average Bonchev–Trinajstić information content (AvgIpc) is 3.22. The molecule has 0 unspecified atom stereocenters. The monoisotopic (exact) mass is 316 g/mol. The van der Waals surface area contributed by atoms with Crippen molar-refractivity contribution in [2.75, 3.05) is 20.8 Å². The molecule has 0 aliphatic carbocycles. The van der Waals surface area contributed by atoms with Gasteiger partial charge in [-0.2, -0.15) is 5.10 Å². The van der Waals surface area contributed by atoms with Crippen LogP contribution in [0.3, 0.4) is 0 Å². The Kier molecular flexibility index (Phi) is 4.29. The molecular weight excluding hydrogens is 296 g/mol. The van der Waals surface area contributed by atoms with E-state index in [1.54, 1.807) is 31.3 Å². The van der Waals surface area contributed by atoms with Crippen LogP contribution in [0.2, 0.25) is 0 Å². The first-order chi connectivity index (χ1) is 11.1. The first-order valence-electron chi connectivity index (χ1n) is 7.47. The van der Waals surface area contributed by atoms with E-state index in [2.05, 4.69) is 15.2 Å². The standard InChI is InChI=1S/C16H20N4O3/c1-10-6-11(22-2)4-5-13(10)16(21)20-8-12(23-3)7-14(20)15-17-9-18-19-15/h4-6,9,12,14H,7-8H2,1-3H3,(H,17,18,19)/t12-,14+/m1/s1. The SMILES string of the molecule is COc1ccc(C(=O)N2C[C@H](OC)C[C@H]2c2ncn[nH]2)c(C)c1. The molecule has 7 nitrogen and oxygen atoms in total. The van der Waals surface area contributed by atoms with E-state index in [9.17, 15) is 4.79 Å². The normalized spacial score (nSPS) is 20.7. The van der Waals surface area contributed by atoms with Crippen molar-refractivity contribution in [3.63, 3.8) is 0 Å². The Hall–Kier alpha value is -2.41. The number of likely N-dealkylation sites (tertiary alicyclic amines) is 1. The van der Waals surface area contributed by atoms with E-state index in [-0.39, 0.29) is 18.1 Å². The van der Waals surface area contributed by atoms with E-state index in [1.807, 2.05) is 13.0 Å². The van der Waals surface area contributed by atoms with Gasteiger partial charge < -0.3 is 14.4 Å². The highest BCUT2D eigenvalue weighted by atomic mass is 16.5. The van der Waals surface area contributed by atoms with E-state index in [4.69, 9.17) is 9.47 Å². The Labute approximate surface area is 134 Å². The van der Waals surface area contributed by atoms with Crippen LogP contribution in [-0.2, 0) is 4.74 Å². The number of methoxy groups -OCH3 is 2. The third-order valence-corrected chi connectivity index (χ3v) is 4.27. The van der Waals surface area contributed by atoms with Crippen LogP contribution in [-0.4, -0.2) is 52.9 Å². The van der Waals surface area contributed by atoms with Gasteiger partial charge >= 0.3 is 0 Å². The maximum absolute atomic E-state index is 13.0. The number of rotatable bonds is 4. The van der Waals surface area contributed by atoms with Gasteiger partial charge in [0.05, 0.1) is 19.3 Å². The molecule has 0 bridgehead atoms. The largest absolute Gasteiger partial charge is 0.497 e. The molecule has 23 heavy (non-hydrogen) atoms. The summed E-state index contributed by atoms with van der Waals surface area (Å²) in [6.45, 7) is 2.44. The molecule has 1 saturated heterocycles. The van der Waals surface area contributed by atoms with Gasteiger partial charge in [0, 0.05) is 25.6 Å². The number of carbonyl (C=O) groups excluding carboxylic acids is 1. The molecule has 122 valence electrons. The molecule has 2 heterocycles. The van der Waals surface area contributed by atoms with Crippen LogP contribution < -0.4 is 4.74 Å².